The van der Waals surface area contributed by atoms with Gasteiger partial charge in [0.25, 0.3) is 0 Å². The second-order valence-corrected chi connectivity index (χ2v) is 3.22. The molecule has 0 saturated carbocycles. The van der Waals surface area contributed by atoms with Crippen LogP contribution in [0.1, 0.15) is 13.3 Å². The van der Waals surface area contributed by atoms with Gasteiger partial charge in [-0.2, -0.15) is 11.8 Å². The zero-order valence-corrected chi connectivity index (χ0v) is 6.20. The molecule has 1 fully saturated rings. The molecular formula is C6H12OS. The van der Waals surface area contributed by atoms with Gasteiger partial charge in [-0.15, -0.1) is 0 Å². The largest absolute Gasteiger partial charge is 0.377 e. The first kappa shape index (κ1) is 6.43. The topological polar surface area (TPSA) is 9.23 Å². The third-order valence-electron chi connectivity index (χ3n) is 1.61. The number of hydrogen-bond donors (Lipinski definition) is 0. The van der Waals surface area contributed by atoms with E-state index in [0.29, 0.717) is 6.10 Å². The summed E-state index contributed by atoms with van der Waals surface area (Å²) in [6, 6.07) is 0. The van der Waals surface area contributed by atoms with Crippen molar-refractivity contribution in [1.82, 2.24) is 0 Å². The molecule has 1 aliphatic rings. The maximum atomic E-state index is 5.34. The molecule has 0 bridgehead atoms. The number of thioether (sulfide) groups is 1. The van der Waals surface area contributed by atoms with Crippen molar-refractivity contribution >= 4 is 11.8 Å². The van der Waals surface area contributed by atoms with Crippen LogP contribution in [0.3, 0.4) is 0 Å². The van der Waals surface area contributed by atoms with E-state index in [4.69, 9.17) is 4.74 Å². The van der Waals surface area contributed by atoms with Crippen molar-refractivity contribution < 1.29 is 4.74 Å². The molecule has 0 aliphatic carbocycles. The molecule has 1 aliphatic heterocycles. The molecule has 0 aromatic rings. The van der Waals surface area contributed by atoms with Gasteiger partial charge in [-0.05, 0) is 19.6 Å². The Kier molecular flexibility index (Phi) is 2.20. The van der Waals surface area contributed by atoms with Gasteiger partial charge in [0.2, 0.25) is 0 Å². The third kappa shape index (κ3) is 1.17. The minimum Gasteiger partial charge on any atom is -0.377 e. The third-order valence-corrected chi connectivity index (χ3v) is 2.83. The van der Waals surface area contributed by atoms with E-state index < -0.39 is 0 Å². The highest BCUT2D eigenvalue weighted by molar-refractivity contribution is 7.99. The van der Waals surface area contributed by atoms with E-state index in [-0.39, 0.29) is 0 Å². The van der Waals surface area contributed by atoms with E-state index >= 15 is 0 Å². The molecular weight excluding hydrogens is 120 g/mol. The van der Waals surface area contributed by atoms with Crippen LogP contribution in [-0.2, 0) is 4.74 Å². The Morgan fingerprint density at radius 3 is 2.62 bits per heavy atom. The summed E-state index contributed by atoms with van der Waals surface area (Å²) in [5.74, 6) is 0. The van der Waals surface area contributed by atoms with Gasteiger partial charge in [-0.1, -0.05) is 0 Å². The summed E-state index contributed by atoms with van der Waals surface area (Å²) < 4.78 is 5.34. The lowest BCUT2D eigenvalue weighted by atomic mass is 10.3. The molecule has 2 heteroatoms. The summed E-state index contributed by atoms with van der Waals surface area (Å²) >= 11 is 1.92. The smallest absolute Gasteiger partial charge is 0.0666 e. The fraction of sp³-hybridized carbons (Fsp3) is 1.00. The van der Waals surface area contributed by atoms with Crippen molar-refractivity contribution in [3.8, 4) is 0 Å². The fourth-order valence-corrected chi connectivity index (χ4v) is 1.82. The molecule has 0 spiro atoms. The molecule has 48 valence electrons. The molecule has 0 aromatic carbocycles. The zero-order chi connectivity index (χ0) is 5.98. The Balaban J connectivity index is 2.30. The van der Waals surface area contributed by atoms with Crippen LogP contribution in [0.2, 0.25) is 0 Å². The molecule has 0 amide bonds. The van der Waals surface area contributed by atoms with Crippen LogP contribution in [0.15, 0.2) is 0 Å². The van der Waals surface area contributed by atoms with Crippen molar-refractivity contribution in [2.45, 2.75) is 24.7 Å². The lowest BCUT2D eigenvalue weighted by Gasteiger charge is -2.08. The molecule has 2 unspecified atom stereocenters. The highest BCUT2D eigenvalue weighted by atomic mass is 32.2. The summed E-state index contributed by atoms with van der Waals surface area (Å²) in [5.41, 5.74) is 0. The van der Waals surface area contributed by atoms with Crippen LogP contribution < -0.4 is 0 Å². The van der Waals surface area contributed by atoms with Crippen LogP contribution in [0.4, 0.5) is 0 Å². The first-order valence-corrected chi connectivity index (χ1v) is 4.28. The summed E-state index contributed by atoms with van der Waals surface area (Å²) in [7, 11) is 0. The van der Waals surface area contributed by atoms with E-state index in [1.807, 2.05) is 11.8 Å². The maximum Gasteiger partial charge on any atom is 0.0666 e. The molecule has 0 N–H and O–H groups in total. The minimum absolute atomic E-state index is 0.491. The standard InChI is InChI=1S/C6H12OS/c1-5-6(8-2)3-4-7-5/h5-6H,3-4H2,1-2H3. The predicted octanol–water partition coefficient (Wildman–Crippen LogP) is 1.53. The Morgan fingerprint density at radius 1 is 1.62 bits per heavy atom. The summed E-state index contributed by atoms with van der Waals surface area (Å²) in [6.07, 6.45) is 3.88. The van der Waals surface area contributed by atoms with Gasteiger partial charge in [0.05, 0.1) is 6.10 Å². The SMILES string of the molecule is CSC1CCOC1C. The highest BCUT2D eigenvalue weighted by Gasteiger charge is 2.22. The molecule has 0 aromatic heterocycles. The summed E-state index contributed by atoms with van der Waals surface area (Å²) in [6.45, 7) is 3.11. The van der Waals surface area contributed by atoms with Gasteiger partial charge in [-0.25, -0.2) is 0 Å². The van der Waals surface area contributed by atoms with Crippen molar-refractivity contribution in [2.75, 3.05) is 12.9 Å². The quantitative estimate of drug-likeness (QED) is 0.535. The highest BCUT2D eigenvalue weighted by Crippen LogP contribution is 2.23. The van der Waals surface area contributed by atoms with Crippen LogP contribution >= 0.6 is 11.8 Å². The molecule has 0 radical (unpaired) electrons. The van der Waals surface area contributed by atoms with Gasteiger partial charge in [0, 0.05) is 11.9 Å². The van der Waals surface area contributed by atoms with Crippen molar-refractivity contribution in [3.05, 3.63) is 0 Å². The monoisotopic (exact) mass is 132 g/mol. The Hall–Kier alpha value is 0.310. The Labute approximate surface area is 54.8 Å². The molecule has 1 rings (SSSR count). The minimum atomic E-state index is 0.491. The zero-order valence-electron chi connectivity index (χ0n) is 5.39. The molecule has 1 nitrogen and oxygen atoms in total. The van der Waals surface area contributed by atoms with E-state index in [0.717, 1.165) is 11.9 Å². The first-order chi connectivity index (χ1) is 3.84. The Bertz CT molecular complexity index is 74.9. The van der Waals surface area contributed by atoms with Crippen LogP contribution in [0, 0.1) is 0 Å². The molecule has 2 atom stereocenters. The maximum absolute atomic E-state index is 5.34. The number of ether oxygens (including phenoxy) is 1. The number of rotatable bonds is 1. The molecule has 8 heavy (non-hydrogen) atoms. The van der Waals surface area contributed by atoms with Gasteiger partial charge in [0.15, 0.2) is 0 Å². The lowest BCUT2D eigenvalue weighted by Crippen LogP contribution is -2.12. The van der Waals surface area contributed by atoms with Gasteiger partial charge >= 0.3 is 0 Å². The van der Waals surface area contributed by atoms with E-state index in [2.05, 4.69) is 13.2 Å². The van der Waals surface area contributed by atoms with Crippen molar-refractivity contribution in [2.24, 2.45) is 0 Å². The van der Waals surface area contributed by atoms with Gasteiger partial charge in [0.1, 0.15) is 0 Å². The first-order valence-electron chi connectivity index (χ1n) is 2.99. The molecule has 1 saturated heterocycles. The van der Waals surface area contributed by atoms with E-state index in [1.165, 1.54) is 6.42 Å². The van der Waals surface area contributed by atoms with E-state index in [1.54, 1.807) is 0 Å². The second kappa shape index (κ2) is 2.74. The fourth-order valence-electron chi connectivity index (χ4n) is 1.02. The van der Waals surface area contributed by atoms with Crippen LogP contribution in [0.5, 0.6) is 0 Å². The second-order valence-electron chi connectivity index (χ2n) is 2.14. The van der Waals surface area contributed by atoms with Crippen molar-refractivity contribution in [1.29, 1.82) is 0 Å². The van der Waals surface area contributed by atoms with Crippen LogP contribution in [0.25, 0.3) is 0 Å². The van der Waals surface area contributed by atoms with Crippen molar-refractivity contribution in [3.63, 3.8) is 0 Å². The summed E-state index contributed by atoms with van der Waals surface area (Å²) in [5, 5.41) is 0.759. The normalized spacial score (nSPS) is 38.2. The van der Waals surface area contributed by atoms with Gasteiger partial charge < -0.3 is 4.74 Å². The average molecular weight is 132 g/mol. The van der Waals surface area contributed by atoms with Gasteiger partial charge in [-0.3, -0.25) is 0 Å². The predicted molar refractivity (Wildman–Crippen MR) is 37.3 cm³/mol. The van der Waals surface area contributed by atoms with Crippen LogP contribution in [-0.4, -0.2) is 24.2 Å². The number of hydrogen-bond acceptors (Lipinski definition) is 2. The lowest BCUT2D eigenvalue weighted by molar-refractivity contribution is 0.127. The summed E-state index contributed by atoms with van der Waals surface area (Å²) in [4.78, 5) is 0. The molecule has 1 heterocycles. The van der Waals surface area contributed by atoms with E-state index in [9.17, 15) is 0 Å². The Morgan fingerprint density at radius 2 is 2.38 bits per heavy atom. The average Bonchev–Trinajstić information content (AvgIpc) is 2.14.